The molecule has 29 heavy (non-hydrogen) atoms. The molecule has 3 aromatic rings. The van der Waals surface area contributed by atoms with E-state index in [1.54, 1.807) is 37.3 Å². The zero-order valence-corrected chi connectivity index (χ0v) is 17.6. The summed E-state index contributed by atoms with van der Waals surface area (Å²) in [6, 6.07) is 11.0. The van der Waals surface area contributed by atoms with E-state index in [1.165, 1.54) is 27.8 Å². The highest BCUT2D eigenvalue weighted by molar-refractivity contribution is 7.89. The van der Waals surface area contributed by atoms with Crippen LogP contribution in [0.15, 0.2) is 47.4 Å². The molecule has 1 fully saturated rings. The summed E-state index contributed by atoms with van der Waals surface area (Å²) in [5.41, 5.74) is 0.975. The van der Waals surface area contributed by atoms with Crippen molar-refractivity contribution in [2.75, 3.05) is 18.4 Å². The number of piperidine rings is 1. The van der Waals surface area contributed by atoms with Gasteiger partial charge in [-0.05, 0) is 55.7 Å². The molecule has 8 heteroatoms. The predicted molar refractivity (Wildman–Crippen MR) is 114 cm³/mol. The van der Waals surface area contributed by atoms with Crippen molar-refractivity contribution in [2.45, 2.75) is 31.1 Å². The third kappa shape index (κ3) is 3.80. The highest BCUT2D eigenvalue weighted by atomic mass is 32.2. The first-order valence-electron chi connectivity index (χ1n) is 9.47. The van der Waals surface area contributed by atoms with Crippen LogP contribution in [-0.4, -0.2) is 31.7 Å². The van der Waals surface area contributed by atoms with Gasteiger partial charge in [-0.3, -0.25) is 4.79 Å². The highest BCUT2D eigenvalue weighted by Crippen LogP contribution is 2.33. The fourth-order valence-corrected chi connectivity index (χ4v) is 6.33. The van der Waals surface area contributed by atoms with Gasteiger partial charge in [0, 0.05) is 28.9 Å². The Hall–Kier alpha value is -2.29. The normalized spacial score (nSPS) is 15.5. The van der Waals surface area contributed by atoms with Gasteiger partial charge in [-0.15, -0.1) is 11.3 Å². The van der Waals surface area contributed by atoms with Gasteiger partial charge in [0.1, 0.15) is 5.82 Å². The molecule has 1 amide bonds. The number of halogens is 1. The Balaban J connectivity index is 1.61. The Kier molecular flexibility index (Phi) is 5.42. The largest absolute Gasteiger partial charge is 0.321 e. The molecule has 0 bridgehead atoms. The molecule has 4 rings (SSSR count). The molecule has 1 aromatic heterocycles. The molecular weight excluding hydrogens is 411 g/mol. The van der Waals surface area contributed by atoms with Crippen LogP contribution in [0.3, 0.4) is 0 Å². The minimum absolute atomic E-state index is 0.163. The Morgan fingerprint density at radius 2 is 1.83 bits per heavy atom. The van der Waals surface area contributed by atoms with Crippen LogP contribution < -0.4 is 5.32 Å². The highest BCUT2D eigenvalue weighted by Gasteiger charge is 2.26. The fraction of sp³-hybridized carbons (Fsp3) is 0.286. The molecule has 0 unspecified atom stereocenters. The third-order valence-electron chi connectivity index (χ3n) is 5.15. The van der Waals surface area contributed by atoms with E-state index in [2.05, 4.69) is 5.32 Å². The van der Waals surface area contributed by atoms with E-state index in [9.17, 15) is 17.6 Å². The summed E-state index contributed by atoms with van der Waals surface area (Å²) in [5, 5.41) is 3.21. The van der Waals surface area contributed by atoms with Crippen molar-refractivity contribution in [3.05, 3.63) is 58.7 Å². The molecule has 152 valence electrons. The number of anilines is 1. The van der Waals surface area contributed by atoms with Crippen molar-refractivity contribution >= 4 is 43.0 Å². The van der Waals surface area contributed by atoms with E-state index in [0.29, 0.717) is 39.3 Å². The Bertz CT molecular complexity index is 1180. The number of carbonyl (C=O) groups is 1. The van der Waals surface area contributed by atoms with Crippen molar-refractivity contribution < 1.29 is 17.6 Å². The first-order valence-corrected chi connectivity index (χ1v) is 11.7. The maximum absolute atomic E-state index is 14.1. The molecule has 1 N–H and O–H groups in total. The second kappa shape index (κ2) is 7.85. The van der Waals surface area contributed by atoms with Gasteiger partial charge >= 0.3 is 0 Å². The number of carbonyl (C=O) groups excluding carboxylic acids is 1. The van der Waals surface area contributed by atoms with Crippen molar-refractivity contribution in [1.29, 1.82) is 0 Å². The van der Waals surface area contributed by atoms with E-state index < -0.39 is 10.0 Å². The van der Waals surface area contributed by atoms with Crippen LogP contribution in [0.5, 0.6) is 0 Å². The number of thiophene rings is 1. The number of nitrogens with one attached hydrogen (secondary N) is 1. The van der Waals surface area contributed by atoms with Crippen molar-refractivity contribution in [1.82, 2.24) is 4.31 Å². The number of rotatable bonds is 4. The topological polar surface area (TPSA) is 66.5 Å². The van der Waals surface area contributed by atoms with Gasteiger partial charge in [0.05, 0.1) is 9.77 Å². The zero-order valence-electron chi connectivity index (χ0n) is 15.9. The molecule has 1 saturated heterocycles. The van der Waals surface area contributed by atoms with Crippen LogP contribution in [0.4, 0.5) is 10.1 Å². The molecule has 1 aliphatic rings. The van der Waals surface area contributed by atoms with Crippen molar-refractivity contribution in [3.8, 4) is 0 Å². The fourth-order valence-electron chi connectivity index (χ4n) is 3.65. The van der Waals surface area contributed by atoms with Crippen molar-refractivity contribution in [2.24, 2.45) is 0 Å². The molecule has 0 saturated carbocycles. The Morgan fingerprint density at radius 1 is 1.10 bits per heavy atom. The molecule has 0 spiro atoms. The number of amides is 1. The molecule has 5 nitrogen and oxygen atoms in total. The summed E-state index contributed by atoms with van der Waals surface area (Å²) >= 11 is 1.22. The first-order chi connectivity index (χ1) is 13.9. The average molecular weight is 433 g/mol. The van der Waals surface area contributed by atoms with Gasteiger partial charge in [-0.25, -0.2) is 12.8 Å². The van der Waals surface area contributed by atoms with E-state index in [4.69, 9.17) is 0 Å². The lowest BCUT2D eigenvalue weighted by molar-refractivity contribution is 0.103. The number of hydrogen-bond acceptors (Lipinski definition) is 4. The number of sulfonamides is 1. The summed E-state index contributed by atoms with van der Waals surface area (Å²) in [7, 11) is -3.58. The Morgan fingerprint density at radius 3 is 2.55 bits per heavy atom. The number of hydrogen-bond donors (Lipinski definition) is 1. The quantitative estimate of drug-likeness (QED) is 0.645. The van der Waals surface area contributed by atoms with Gasteiger partial charge in [-0.1, -0.05) is 18.6 Å². The summed E-state index contributed by atoms with van der Waals surface area (Å²) in [6.45, 7) is 2.75. The Labute approximate surface area is 173 Å². The lowest BCUT2D eigenvalue weighted by Gasteiger charge is -2.26. The second-order valence-electron chi connectivity index (χ2n) is 7.12. The number of aryl methyl sites for hydroxylation is 1. The summed E-state index contributed by atoms with van der Waals surface area (Å²) in [6.07, 6.45) is 2.76. The summed E-state index contributed by atoms with van der Waals surface area (Å²) in [5.74, 6) is -0.736. The lowest BCUT2D eigenvalue weighted by atomic mass is 10.1. The molecule has 0 aliphatic carbocycles. The lowest BCUT2D eigenvalue weighted by Crippen LogP contribution is -2.35. The van der Waals surface area contributed by atoms with Gasteiger partial charge in [0.15, 0.2) is 0 Å². The van der Waals surface area contributed by atoms with Gasteiger partial charge < -0.3 is 5.32 Å². The van der Waals surface area contributed by atoms with Crippen LogP contribution >= 0.6 is 11.3 Å². The maximum Gasteiger partial charge on any atom is 0.266 e. The minimum Gasteiger partial charge on any atom is -0.321 e. The maximum atomic E-state index is 14.1. The molecular formula is C21H21FN2O3S2. The number of benzene rings is 2. The standard InChI is InChI=1S/C21H21FN2O3S2/c1-14-19-17(22)9-6-10-18(19)28-20(14)21(25)23-15-7-5-8-16(13-15)29(26,27)24-11-3-2-4-12-24/h5-10,13H,2-4,11-12H2,1H3,(H,23,25). The molecule has 0 atom stereocenters. The van der Waals surface area contributed by atoms with Crippen LogP contribution in [0, 0.1) is 12.7 Å². The van der Waals surface area contributed by atoms with Gasteiger partial charge in [0.25, 0.3) is 5.91 Å². The third-order valence-corrected chi connectivity index (χ3v) is 8.30. The van der Waals surface area contributed by atoms with Crippen LogP contribution in [0.1, 0.15) is 34.5 Å². The monoisotopic (exact) mass is 432 g/mol. The van der Waals surface area contributed by atoms with Crippen molar-refractivity contribution in [3.63, 3.8) is 0 Å². The van der Waals surface area contributed by atoms with E-state index >= 15 is 0 Å². The van der Waals surface area contributed by atoms with Gasteiger partial charge in [0.2, 0.25) is 10.0 Å². The van der Waals surface area contributed by atoms with Crippen LogP contribution in [-0.2, 0) is 10.0 Å². The van der Waals surface area contributed by atoms with Crippen LogP contribution in [0.2, 0.25) is 0 Å². The van der Waals surface area contributed by atoms with E-state index in [1.807, 2.05) is 0 Å². The van der Waals surface area contributed by atoms with E-state index in [0.717, 1.165) is 19.3 Å². The first kappa shape index (κ1) is 20.0. The molecule has 1 aliphatic heterocycles. The molecule has 2 aromatic carbocycles. The second-order valence-corrected chi connectivity index (χ2v) is 10.1. The molecule has 2 heterocycles. The smallest absolute Gasteiger partial charge is 0.266 e. The average Bonchev–Trinajstić information content (AvgIpc) is 3.07. The minimum atomic E-state index is -3.58. The zero-order chi connectivity index (χ0) is 20.6. The predicted octanol–water partition coefficient (Wildman–Crippen LogP) is 4.78. The van der Waals surface area contributed by atoms with Crippen LogP contribution in [0.25, 0.3) is 10.1 Å². The summed E-state index contributed by atoms with van der Waals surface area (Å²) in [4.78, 5) is 13.4. The summed E-state index contributed by atoms with van der Waals surface area (Å²) < 4.78 is 42.1. The SMILES string of the molecule is Cc1c(C(=O)Nc2cccc(S(=O)(=O)N3CCCCC3)c2)sc2cccc(F)c12. The number of fused-ring (bicyclic) bond motifs is 1. The molecule has 0 radical (unpaired) electrons. The van der Waals surface area contributed by atoms with E-state index in [-0.39, 0.29) is 16.6 Å². The number of nitrogens with zero attached hydrogens (tertiary/aromatic N) is 1. The van der Waals surface area contributed by atoms with Gasteiger partial charge in [-0.2, -0.15) is 4.31 Å².